The Kier molecular flexibility index (Phi) is 13.0. The number of piperidine rings is 1. The summed E-state index contributed by atoms with van der Waals surface area (Å²) in [5, 5.41) is 5.31. The number of nitrogens with zero attached hydrogens (tertiary/aromatic N) is 4. The zero-order valence-corrected chi connectivity index (χ0v) is 39.1. The molecule has 2 saturated heterocycles. The van der Waals surface area contributed by atoms with Crippen LogP contribution in [0, 0.1) is 12.3 Å². The van der Waals surface area contributed by atoms with E-state index in [4.69, 9.17) is 16.3 Å². The molecule has 1 aromatic heterocycles. The Morgan fingerprint density at radius 2 is 1.63 bits per heavy atom. The number of aryl methyl sites for hydroxylation is 1. The van der Waals surface area contributed by atoms with Crippen LogP contribution in [0.3, 0.4) is 0 Å². The number of likely N-dealkylation sites (N-methyl/N-ethyl adjacent to an activating group) is 1. The van der Waals surface area contributed by atoms with E-state index < -0.39 is 15.9 Å². The van der Waals surface area contributed by atoms with Gasteiger partial charge in [0.2, 0.25) is 0 Å². The zero-order chi connectivity index (χ0) is 44.5. The van der Waals surface area contributed by atoms with E-state index in [9.17, 15) is 13.2 Å². The molecule has 2 fully saturated rings. The van der Waals surface area contributed by atoms with Crippen LogP contribution in [0.25, 0.3) is 16.5 Å². The molecule has 0 unspecified atom stereocenters. The number of likely N-dealkylation sites (tertiary alicyclic amines) is 1. The van der Waals surface area contributed by atoms with Gasteiger partial charge in [-0.3, -0.25) is 9.69 Å². The second-order valence-corrected chi connectivity index (χ2v) is 21.0. The fourth-order valence-electron chi connectivity index (χ4n) is 9.41. The first-order chi connectivity index (χ1) is 30.1. The maximum atomic E-state index is 14.0. The van der Waals surface area contributed by atoms with E-state index in [0.29, 0.717) is 5.75 Å². The fraction of sp³-hybridized carbons (Fsp3) is 0.420. The van der Waals surface area contributed by atoms with Gasteiger partial charge in [-0.05, 0) is 162 Å². The van der Waals surface area contributed by atoms with E-state index in [1.165, 1.54) is 23.1 Å². The highest BCUT2D eigenvalue weighted by Crippen LogP contribution is 2.43. The number of aromatic nitrogens is 1. The van der Waals surface area contributed by atoms with Crippen LogP contribution in [0.5, 0.6) is 11.5 Å². The number of benzene rings is 4. The van der Waals surface area contributed by atoms with E-state index in [1.54, 1.807) is 24.3 Å². The number of aromatic amines is 1. The highest BCUT2D eigenvalue weighted by molar-refractivity contribution is 7.90. The van der Waals surface area contributed by atoms with E-state index in [1.807, 2.05) is 61.7 Å². The number of hydrogen-bond donors (Lipinski definition) is 3. The highest BCUT2D eigenvalue weighted by Gasteiger charge is 2.36. The summed E-state index contributed by atoms with van der Waals surface area (Å²) in [4.78, 5) is 26.8. The molecule has 0 radical (unpaired) electrons. The molecule has 0 atom stereocenters. The Hall–Kier alpha value is -4.85. The number of carbonyl (C=O) groups is 1. The van der Waals surface area contributed by atoms with E-state index in [2.05, 4.69) is 81.7 Å². The molecule has 13 heteroatoms. The van der Waals surface area contributed by atoms with Crippen molar-refractivity contribution in [1.29, 1.82) is 0 Å². The average molecular weight is 893 g/mol. The molecule has 11 nitrogen and oxygen atoms in total. The molecule has 1 amide bonds. The smallest absolute Gasteiger partial charge is 0.268 e. The highest BCUT2D eigenvalue weighted by atomic mass is 35.5. The number of nitrogens with one attached hydrogen (secondary N) is 3. The largest absolute Gasteiger partial charge is 0.456 e. The number of allylic oxidation sites excluding steroid dienone is 1. The number of fused-ring (bicyclic) bond motifs is 1. The fourth-order valence-corrected chi connectivity index (χ4v) is 10.6. The van der Waals surface area contributed by atoms with Crippen LogP contribution >= 0.6 is 11.6 Å². The first-order valence-electron chi connectivity index (χ1n) is 22.2. The number of ether oxygens (including phenoxy) is 1. The van der Waals surface area contributed by atoms with Gasteiger partial charge < -0.3 is 29.7 Å². The summed E-state index contributed by atoms with van der Waals surface area (Å²) in [5.41, 5.74) is 8.11. The van der Waals surface area contributed by atoms with Crippen molar-refractivity contribution < 1.29 is 17.9 Å². The number of halogens is 1. The molecule has 63 heavy (non-hydrogen) atoms. The van der Waals surface area contributed by atoms with Gasteiger partial charge in [-0.15, -0.1) is 0 Å². The molecule has 0 saturated carbocycles. The van der Waals surface area contributed by atoms with Gasteiger partial charge in [-0.1, -0.05) is 43.2 Å². The van der Waals surface area contributed by atoms with E-state index in [0.717, 1.165) is 111 Å². The quantitative estimate of drug-likeness (QED) is 0.107. The van der Waals surface area contributed by atoms with Crippen molar-refractivity contribution in [3.8, 4) is 11.5 Å². The van der Waals surface area contributed by atoms with Crippen molar-refractivity contribution >= 4 is 55.4 Å². The second-order valence-electron chi connectivity index (χ2n) is 18.9. The minimum Gasteiger partial charge on any atom is -0.456 e. The molecule has 0 spiro atoms. The van der Waals surface area contributed by atoms with Crippen LogP contribution in [-0.2, 0) is 10.0 Å². The lowest BCUT2D eigenvalue weighted by molar-refractivity contribution is 0.0774. The van der Waals surface area contributed by atoms with Crippen molar-refractivity contribution in [2.24, 2.45) is 5.41 Å². The molecular formula is C50H62ClN7O4S. The molecule has 1 aliphatic carbocycles. The summed E-state index contributed by atoms with van der Waals surface area (Å²) in [5.74, 6) is 0.0514. The molecule has 3 N–H and O–H groups in total. The Morgan fingerprint density at radius 1 is 0.889 bits per heavy atom. The third-order valence-electron chi connectivity index (χ3n) is 13.7. The van der Waals surface area contributed by atoms with Crippen LogP contribution in [-0.4, -0.2) is 113 Å². The molecule has 3 heterocycles. The van der Waals surface area contributed by atoms with Gasteiger partial charge in [0.05, 0.1) is 10.5 Å². The number of sulfonamides is 1. The van der Waals surface area contributed by atoms with Gasteiger partial charge in [-0.25, -0.2) is 13.1 Å². The number of anilines is 2. The lowest BCUT2D eigenvalue weighted by Gasteiger charge is -2.45. The van der Waals surface area contributed by atoms with Crippen molar-refractivity contribution in [3.63, 3.8) is 0 Å². The number of H-pyrrole nitrogens is 1. The number of carbonyl (C=O) groups excluding carboxylic acids is 1. The first kappa shape index (κ1) is 44.7. The number of rotatable bonds is 13. The number of amides is 1. The first-order valence-corrected chi connectivity index (χ1v) is 24.0. The van der Waals surface area contributed by atoms with Crippen LogP contribution in [0.4, 0.5) is 11.4 Å². The standard InChI is InChI=1S/C50H62ClN7O4S/c1-35-29-42(13-16-45(35)53-34-50(55(4)5)20-23-56(6)24-21-50)63(60,61)54-48(59)43-14-11-40(31-47(43)62-41-12-15-46-37(30-41)18-22-52-46)58-27-25-57(26-28-58)33-38-17-19-49(2,3)32-44(38)36-7-9-39(51)10-8-36/h7-16,18,22,29-31,52-53H,17,19-21,23-28,32-34H2,1-6H3,(H,54,59). The summed E-state index contributed by atoms with van der Waals surface area (Å²) in [7, 11) is 2.17. The van der Waals surface area contributed by atoms with Crippen LogP contribution < -0.4 is 19.7 Å². The monoisotopic (exact) mass is 891 g/mol. The molecule has 334 valence electrons. The van der Waals surface area contributed by atoms with Crippen LogP contribution in [0.15, 0.2) is 102 Å². The number of hydrogen-bond acceptors (Lipinski definition) is 9. The lowest BCUT2D eigenvalue weighted by Crippen LogP contribution is -2.55. The van der Waals surface area contributed by atoms with Gasteiger partial charge in [0.15, 0.2) is 0 Å². The normalized spacial score (nSPS) is 18.5. The molecule has 0 bridgehead atoms. The minimum absolute atomic E-state index is 0.00258. The summed E-state index contributed by atoms with van der Waals surface area (Å²) in [6.45, 7) is 13.7. The Morgan fingerprint density at radius 3 is 2.35 bits per heavy atom. The lowest BCUT2D eigenvalue weighted by atomic mass is 9.72. The molecule has 3 aliphatic rings. The maximum absolute atomic E-state index is 14.0. The van der Waals surface area contributed by atoms with Crippen LogP contribution in [0.2, 0.25) is 5.02 Å². The Bertz CT molecular complexity index is 2590. The summed E-state index contributed by atoms with van der Waals surface area (Å²) in [6.07, 6.45) is 7.23. The third kappa shape index (κ3) is 10.3. The van der Waals surface area contributed by atoms with Gasteiger partial charge in [0.25, 0.3) is 15.9 Å². The van der Waals surface area contributed by atoms with Gasteiger partial charge in [0, 0.05) is 84.4 Å². The predicted octanol–water partition coefficient (Wildman–Crippen LogP) is 9.26. The summed E-state index contributed by atoms with van der Waals surface area (Å²) in [6, 6.07) is 26.3. The molecule has 2 aliphatic heterocycles. The van der Waals surface area contributed by atoms with Crippen molar-refractivity contribution in [1.82, 2.24) is 24.4 Å². The van der Waals surface area contributed by atoms with Crippen molar-refractivity contribution in [2.75, 3.05) is 83.7 Å². The minimum atomic E-state index is -4.23. The Labute approximate surface area is 378 Å². The predicted molar refractivity (Wildman–Crippen MR) is 257 cm³/mol. The molecular weight excluding hydrogens is 830 g/mol. The SMILES string of the molecule is Cc1cc(S(=O)(=O)NC(=O)c2ccc(N3CCN(CC4=C(c5ccc(Cl)cc5)CC(C)(C)CC4)CC3)cc2Oc2ccc3[nH]ccc3c2)ccc1NCC1(N(C)C)CCN(C)CC1. The van der Waals surface area contributed by atoms with Crippen molar-refractivity contribution in [2.45, 2.75) is 63.3 Å². The number of piperazine rings is 1. The van der Waals surface area contributed by atoms with E-state index in [-0.39, 0.29) is 27.2 Å². The molecule has 8 rings (SSSR count). The van der Waals surface area contributed by atoms with E-state index >= 15 is 0 Å². The van der Waals surface area contributed by atoms with Gasteiger partial charge >= 0.3 is 0 Å². The third-order valence-corrected chi connectivity index (χ3v) is 15.3. The van der Waals surface area contributed by atoms with Crippen molar-refractivity contribution in [3.05, 3.63) is 118 Å². The maximum Gasteiger partial charge on any atom is 0.268 e. The topological polar surface area (TPSA) is 113 Å². The van der Waals surface area contributed by atoms with Crippen LogP contribution in [0.1, 0.15) is 67.4 Å². The zero-order valence-electron chi connectivity index (χ0n) is 37.6. The summed E-state index contributed by atoms with van der Waals surface area (Å²) < 4.78 is 36.5. The van der Waals surface area contributed by atoms with Gasteiger partial charge in [-0.2, -0.15) is 0 Å². The van der Waals surface area contributed by atoms with Gasteiger partial charge in [0.1, 0.15) is 11.5 Å². The summed E-state index contributed by atoms with van der Waals surface area (Å²) >= 11 is 6.26. The molecule has 4 aromatic carbocycles. The molecule has 5 aromatic rings. The Balaban J connectivity index is 0.983. The average Bonchev–Trinajstić information content (AvgIpc) is 3.73. The second kappa shape index (κ2) is 18.3.